The van der Waals surface area contributed by atoms with Gasteiger partial charge in [-0.15, -0.1) is 0 Å². The normalized spacial score (nSPS) is 16.9. The number of likely N-dealkylation sites (N-methyl/N-ethyl adjacent to an activating group) is 1. The van der Waals surface area contributed by atoms with Crippen molar-refractivity contribution < 1.29 is 4.79 Å². The number of aryl methyl sites for hydroxylation is 1. The van der Waals surface area contributed by atoms with Crippen LogP contribution in [0.2, 0.25) is 0 Å². The van der Waals surface area contributed by atoms with Crippen LogP contribution in [0, 0.1) is 18.3 Å². The molecule has 1 unspecified atom stereocenters. The maximum atomic E-state index is 12.5. The predicted molar refractivity (Wildman–Crippen MR) is 109 cm³/mol. The molecule has 0 radical (unpaired) electrons. The molecule has 0 bridgehead atoms. The van der Waals surface area contributed by atoms with Crippen molar-refractivity contribution in [2.45, 2.75) is 42.5 Å². The molecule has 27 heavy (non-hydrogen) atoms. The molecule has 4 nitrogen and oxygen atoms in total. The van der Waals surface area contributed by atoms with E-state index in [2.05, 4.69) is 35.3 Å². The monoisotopic (exact) mass is 379 g/mol. The number of benzene rings is 2. The molecule has 0 aromatic heterocycles. The first kappa shape index (κ1) is 19.5. The maximum Gasteiger partial charge on any atom is 0.251 e. The zero-order valence-electron chi connectivity index (χ0n) is 15.9. The molecule has 1 aliphatic heterocycles. The second-order valence-electron chi connectivity index (χ2n) is 6.87. The summed E-state index contributed by atoms with van der Waals surface area (Å²) in [7, 11) is 0. The molecule has 1 fully saturated rings. The van der Waals surface area contributed by atoms with Gasteiger partial charge in [0.15, 0.2) is 0 Å². The molecular weight excluding hydrogens is 354 g/mol. The Labute approximate surface area is 165 Å². The lowest BCUT2D eigenvalue weighted by atomic mass is 10.1. The first-order chi connectivity index (χ1) is 13.1. The molecular formula is C22H25N3OS. The number of hydrogen-bond donors (Lipinski definition) is 1. The van der Waals surface area contributed by atoms with Crippen LogP contribution in [0.1, 0.15) is 41.3 Å². The number of nitrogens with one attached hydrogen (secondary N) is 1. The molecule has 0 saturated carbocycles. The van der Waals surface area contributed by atoms with E-state index in [1.807, 2.05) is 25.1 Å². The van der Waals surface area contributed by atoms with Gasteiger partial charge >= 0.3 is 0 Å². The lowest BCUT2D eigenvalue weighted by molar-refractivity contribution is 0.0941. The predicted octanol–water partition coefficient (Wildman–Crippen LogP) is 4.23. The van der Waals surface area contributed by atoms with Crippen LogP contribution in [0.25, 0.3) is 0 Å². The summed E-state index contributed by atoms with van der Waals surface area (Å²) < 4.78 is 0. The molecule has 2 aromatic carbocycles. The summed E-state index contributed by atoms with van der Waals surface area (Å²) in [6.07, 6.45) is 2.32. The molecule has 1 heterocycles. The number of hydrogen-bond acceptors (Lipinski definition) is 4. The highest BCUT2D eigenvalue weighted by atomic mass is 32.2. The van der Waals surface area contributed by atoms with Gasteiger partial charge in [-0.2, -0.15) is 5.26 Å². The molecule has 5 heteroatoms. The Balaban J connectivity index is 1.67. The van der Waals surface area contributed by atoms with E-state index in [1.54, 1.807) is 23.9 Å². The zero-order chi connectivity index (χ0) is 19.2. The van der Waals surface area contributed by atoms with Gasteiger partial charge in [0.05, 0.1) is 5.56 Å². The third kappa shape index (κ3) is 4.91. The average molecular weight is 380 g/mol. The fraction of sp³-hybridized carbons (Fsp3) is 0.364. The van der Waals surface area contributed by atoms with Gasteiger partial charge in [-0.1, -0.05) is 36.4 Å². The van der Waals surface area contributed by atoms with Crippen LogP contribution in [0.15, 0.2) is 52.3 Å². The molecule has 1 aliphatic rings. The van der Waals surface area contributed by atoms with Crippen molar-refractivity contribution in [3.63, 3.8) is 0 Å². The van der Waals surface area contributed by atoms with Gasteiger partial charge < -0.3 is 5.32 Å². The van der Waals surface area contributed by atoms with E-state index in [0.717, 1.165) is 29.3 Å². The first-order valence-corrected chi connectivity index (χ1v) is 10.2. The van der Waals surface area contributed by atoms with Gasteiger partial charge in [0.25, 0.3) is 5.91 Å². The van der Waals surface area contributed by atoms with E-state index in [9.17, 15) is 10.1 Å². The standard InChI is InChI=1S/C22H25N3OS/c1-3-25-12-4-5-19(25)15-24-22(26)17-8-11-21(18(13-17)14-23)27-20-9-6-16(2)7-10-20/h6-11,13,19H,3-5,12,15H2,1-2H3,(H,24,26). The van der Waals surface area contributed by atoms with Crippen molar-refractivity contribution in [1.29, 1.82) is 5.26 Å². The quantitative estimate of drug-likeness (QED) is 0.816. The van der Waals surface area contributed by atoms with Gasteiger partial charge in [-0.05, 0) is 63.2 Å². The number of amides is 1. The largest absolute Gasteiger partial charge is 0.350 e. The third-order valence-electron chi connectivity index (χ3n) is 5.01. The number of carbonyl (C=O) groups excluding carboxylic acids is 1. The van der Waals surface area contributed by atoms with Crippen LogP contribution in [0.4, 0.5) is 0 Å². The minimum atomic E-state index is -0.110. The summed E-state index contributed by atoms with van der Waals surface area (Å²) in [6.45, 7) is 7.00. The number of nitrogens with zero attached hydrogens (tertiary/aromatic N) is 2. The van der Waals surface area contributed by atoms with Gasteiger partial charge in [-0.3, -0.25) is 9.69 Å². The van der Waals surface area contributed by atoms with Crippen LogP contribution in [0.5, 0.6) is 0 Å². The van der Waals surface area contributed by atoms with Crippen molar-refractivity contribution in [3.8, 4) is 6.07 Å². The summed E-state index contributed by atoms with van der Waals surface area (Å²) in [6, 6.07) is 16.2. The molecule has 1 amide bonds. The van der Waals surface area contributed by atoms with Crippen LogP contribution in [-0.2, 0) is 0 Å². The lowest BCUT2D eigenvalue weighted by Crippen LogP contribution is -2.40. The Morgan fingerprint density at radius 2 is 2.07 bits per heavy atom. The smallest absolute Gasteiger partial charge is 0.251 e. The van der Waals surface area contributed by atoms with E-state index in [0.29, 0.717) is 23.7 Å². The molecule has 2 aromatic rings. The van der Waals surface area contributed by atoms with Crippen LogP contribution in [-0.4, -0.2) is 36.5 Å². The molecule has 0 spiro atoms. The van der Waals surface area contributed by atoms with Crippen LogP contribution in [0.3, 0.4) is 0 Å². The van der Waals surface area contributed by atoms with Crippen LogP contribution >= 0.6 is 11.8 Å². The van der Waals surface area contributed by atoms with Crippen LogP contribution < -0.4 is 5.32 Å². The van der Waals surface area contributed by atoms with E-state index in [4.69, 9.17) is 0 Å². The Hall–Kier alpha value is -2.29. The highest BCUT2D eigenvalue weighted by Crippen LogP contribution is 2.31. The van der Waals surface area contributed by atoms with Gasteiger partial charge in [0, 0.05) is 27.9 Å². The molecule has 140 valence electrons. The maximum absolute atomic E-state index is 12.5. The Morgan fingerprint density at radius 1 is 1.30 bits per heavy atom. The number of carbonyl (C=O) groups is 1. The molecule has 1 saturated heterocycles. The molecule has 1 N–H and O–H groups in total. The van der Waals surface area contributed by atoms with Crippen molar-refractivity contribution in [2.24, 2.45) is 0 Å². The average Bonchev–Trinajstić information content (AvgIpc) is 3.15. The van der Waals surface area contributed by atoms with Crippen molar-refractivity contribution >= 4 is 17.7 Å². The summed E-state index contributed by atoms with van der Waals surface area (Å²) >= 11 is 1.54. The van der Waals surface area contributed by atoms with E-state index >= 15 is 0 Å². The van der Waals surface area contributed by atoms with E-state index < -0.39 is 0 Å². The second-order valence-corrected chi connectivity index (χ2v) is 7.99. The Morgan fingerprint density at radius 3 is 2.78 bits per heavy atom. The fourth-order valence-corrected chi connectivity index (χ4v) is 4.31. The highest BCUT2D eigenvalue weighted by molar-refractivity contribution is 7.99. The number of likely N-dealkylation sites (tertiary alicyclic amines) is 1. The van der Waals surface area contributed by atoms with Crippen molar-refractivity contribution in [2.75, 3.05) is 19.6 Å². The van der Waals surface area contributed by atoms with Gasteiger partial charge in [0.1, 0.15) is 6.07 Å². The summed E-state index contributed by atoms with van der Waals surface area (Å²) in [5.41, 5.74) is 2.28. The lowest BCUT2D eigenvalue weighted by Gasteiger charge is -2.22. The SMILES string of the molecule is CCN1CCCC1CNC(=O)c1ccc(Sc2ccc(C)cc2)c(C#N)c1. The van der Waals surface area contributed by atoms with Gasteiger partial charge in [-0.25, -0.2) is 0 Å². The van der Waals surface area contributed by atoms with Crippen molar-refractivity contribution in [3.05, 3.63) is 59.2 Å². The van der Waals surface area contributed by atoms with E-state index in [1.165, 1.54) is 12.0 Å². The third-order valence-corrected chi connectivity index (χ3v) is 6.10. The molecule has 3 rings (SSSR count). The summed E-state index contributed by atoms with van der Waals surface area (Å²) in [5.74, 6) is -0.110. The Kier molecular flexibility index (Phi) is 6.54. The highest BCUT2D eigenvalue weighted by Gasteiger charge is 2.23. The van der Waals surface area contributed by atoms with Gasteiger partial charge in [0.2, 0.25) is 0 Å². The molecule has 1 atom stereocenters. The zero-order valence-corrected chi connectivity index (χ0v) is 16.7. The molecule has 0 aliphatic carbocycles. The minimum absolute atomic E-state index is 0.110. The minimum Gasteiger partial charge on any atom is -0.350 e. The van der Waals surface area contributed by atoms with E-state index in [-0.39, 0.29) is 5.91 Å². The topological polar surface area (TPSA) is 56.1 Å². The first-order valence-electron chi connectivity index (χ1n) is 9.41. The number of nitriles is 1. The summed E-state index contributed by atoms with van der Waals surface area (Å²) in [5, 5.41) is 12.5. The number of rotatable bonds is 6. The second kappa shape index (κ2) is 9.07. The van der Waals surface area contributed by atoms with Crippen molar-refractivity contribution in [1.82, 2.24) is 10.2 Å². The fourth-order valence-electron chi connectivity index (χ4n) is 3.44. The summed E-state index contributed by atoms with van der Waals surface area (Å²) in [4.78, 5) is 16.9. The Bertz CT molecular complexity index is 842.